The summed E-state index contributed by atoms with van der Waals surface area (Å²) >= 11 is 1.90. The Labute approximate surface area is 297 Å². The third kappa shape index (κ3) is 3.89. The molecule has 2 bridgehead atoms. The van der Waals surface area contributed by atoms with E-state index in [1.54, 1.807) is 11.1 Å². The largest absolute Gasteiger partial charge is 0.456 e. The zero-order valence-corrected chi connectivity index (χ0v) is 29.5. The Morgan fingerprint density at radius 2 is 1.38 bits per heavy atom. The van der Waals surface area contributed by atoms with Gasteiger partial charge in [0.2, 0.25) is 0 Å². The lowest BCUT2D eigenvalue weighted by Crippen LogP contribution is -2.49. The number of thiophene rings is 1. The highest BCUT2D eigenvalue weighted by Gasteiger charge is 2.57. The van der Waals surface area contributed by atoms with E-state index in [9.17, 15) is 0 Å². The number of hydrogen-bond donors (Lipinski definition) is 0. The van der Waals surface area contributed by atoms with Gasteiger partial charge in [-0.25, -0.2) is 0 Å². The molecule has 5 atom stereocenters. The molecule has 244 valence electrons. The fraction of sp³-hybridized carbons (Fsp3) is 0.250. The lowest BCUT2D eigenvalue weighted by Gasteiger charge is -2.54. The Balaban J connectivity index is 1.22. The first-order valence-electron chi connectivity index (χ1n) is 18.7. The minimum atomic E-state index is 0.0470. The zero-order chi connectivity index (χ0) is 33.1. The molecule has 2 saturated carbocycles. The van der Waals surface area contributed by atoms with Gasteiger partial charge in [0.05, 0.1) is 0 Å². The van der Waals surface area contributed by atoms with Crippen LogP contribution in [0.3, 0.4) is 0 Å². The molecule has 0 radical (unpaired) electrons. The molecule has 3 aliphatic carbocycles. The van der Waals surface area contributed by atoms with E-state index in [1.165, 1.54) is 96.4 Å². The Morgan fingerprint density at radius 1 is 0.600 bits per heavy atom. The molecular weight excluding hydrogens is 625 g/mol. The number of rotatable bonds is 3. The van der Waals surface area contributed by atoms with Crippen LogP contribution in [0.2, 0.25) is 0 Å². The van der Waals surface area contributed by atoms with Crippen LogP contribution in [0.5, 0.6) is 0 Å². The number of fused-ring (bicyclic) bond motifs is 14. The van der Waals surface area contributed by atoms with Crippen molar-refractivity contribution in [2.75, 3.05) is 0 Å². The minimum Gasteiger partial charge on any atom is -0.456 e. The summed E-state index contributed by atoms with van der Waals surface area (Å²) in [5.41, 5.74) is 13.2. The van der Waals surface area contributed by atoms with E-state index in [0.717, 1.165) is 23.0 Å². The number of furan rings is 1. The molecule has 6 aromatic carbocycles. The highest BCUT2D eigenvalue weighted by molar-refractivity contribution is 7.25. The lowest BCUT2D eigenvalue weighted by atomic mass is 9.49. The van der Waals surface area contributed by atoms with Gasteiger partial charge in [-0.1, -0.05) is 105 Å². The van der Waals surface area contributed by atoms with Gasteiger partial charge >= 0.3 is 0 Å². The van der Waals surface area contributed by atoms with Crippen LogP contribution in [-0.4, -0.2) is 0 Å². The fourth-order valence-corrected chi connectivity index (χ4v) is 12.4. The second-order valence-electron chi connectivity index (χ2n) is 15.6. The quantitative estimate of drug-likeness (QED) is 0.183. The van der Waals surface area contributed by atoms with Crippen molar-refractivity contribution < 1.29 is 4.42 Å². The van der Waals surface area contributed by atoms with Gasteiger partial charge in [0.15, 0.2) is 0 Å². The molecule has 0 saturated heterocycles. The second kappa shape index (κ2) is 10.7. The summed E-state index contributed by atoms with van der Waals surface area (Å²) in [6, 6.07) is 46.0. The molecule has 2 fully saturated rings. The highest BCUT2D eigenvalue weighted by atomic mass is 32.1. The van der Waals surface area contributed by atoms with Gasteiger partial charge < -0.3 is 4.42 Å². The van der Waals surface area contributed by atoms with E-state index >= 15 is 0 Å². The molecule has 0 N–H and O–H groups in total. The van der Waals surface area contributed by atoms with Crippen LogP contribution in [0.15, 0.2) is 126 Å². The van der Waals surface area contributed by atoms with Crippen molar-refractivity contribution in [1.82, 2.24) is 0 Å². The molecule has 1 nitrogen and oxygen atoms in total. The molecule has 11 rings (SSSR count). The third-order valence-corrected chi connectivity index (χ3v) is 14.4. The van der Waals surface area contributed by atoms with Gasteiger partial charge in [-0.15, -0.1) is 11.3 Å². The first-order valence-corrected chi connectivity index (χ1v) is 19.5. The average Bonchev–Trinajstić information content (AvgIpc) is 3.81. The maximum absolute atomic E-state index is 6.48. The molecule has 2 aromatic heterocycles. The van der Waals surface area contributed by atoms with Crippen LogP contribution >= 0.6 is 11.3 Å². The van der Waals surface area contributed by atoms with Crippen molar-refractivity contribution >= 4 is 53.4 Å². The smallest absolute Gasteiger partial charge is 0.136 e. The maximum atomic E-state index is 6.48. The Morgan fingerprint density at radius 3 is 2.30 bits per heavy atom. The molecule has 1 spiro atoms. The van der Waals surface area contributed by atoms with Gasteiger partial charge in [0.25, 0.3) is 0 Å². The summed E-state index contributed by atoms with van der Waals surface area (Å²) in [7, 11) is 0. The van der Waals surface area contributed by atoms with E-state index in [1.807, 2.05) is 11.3 Å². The zero-order valence-electron chi connectivity index (χ0n) is 28.7. The molecule has 8 aromatic rings. The lowest BCUT2D eigenvalue weighted by molar-refractivity contribution is 0.0368. The SMILES string of the molecule is CCC1CC2CC(C)C3(c4ccccc4-c4c3ccc(-c3ccc5c(c3)oc3ccccc35)c4-c3ccc4sc5ccccc5c4c3)C(C1)C2. The van der Waals surface area contributed by atoms with Crippen molar-refractivity contribution in [1.29, 1.82) is 0 Å². The van der Waals surface area contributed by atoms with Gasteiger partial charge in [0.1, 0.15) is 11.2 Å². The van der Waals surface area contributed by atoms with Gasteiger partial charge in [0, 0.05) is 36.4 Å². The molecular formula is C48H40OS. The molecule has 3 aliphatic rings. The molecule has 0 amide bonds. The van der Waals surface area contributed by atoms with Gasteiger partial charge in [-0.05, 0) is 130 Å². The van der Waals surface area contributed by atoms with E-state index in [0.29, 0.717) is 11.8 Å². The molecule has 2 heteroatoms. The van der Waals surface area contributed by atoms with Crippen LogP contribution < -0.4 is 0 Å². The summed E-state index contributed by atoms with van der Waals surface area (Å²) in [5.74, 6) is 2.97. The Kier molecular flexibility index (Phi) is 6.21. The normalized spacial score (nSPS) is 24.0. The monoisotopic (exact) mass is 664 g/mol. The number of benzene rings is 6. The van der Waals surface area contributed by atoms with Crippen LogP contribution in [0.4, 0.5) is 0 Å². The minimum absolute atomic E-state index is 0.0470. The second-order valence-corrected chi connectivity index (χ2v) is 16.7. The van der Waals surface area contributed by atoms with E-state index in [2.05, 4.69) is 135 Å². The van der Waals surface area contributed by atoms with E-state index < -0.39 is 0 Å². The molecule has 0 aliphatic heterocycles. The number of para-hydroxylation sites is 1. The standard InChI is InChI=1S/C48H40OS/c1-3-29-23-30-22-28(2)48(33(24-29)25-30)40-13-7-4-12-38(40)47-41(48)20-19-34(31-16-18-36-35-10-5-8-14-42(35)49-43(36)27-31)46(47)32-17-21-45-39(26-32)37-11-6-9-15-44(37)50-45/h4-21,26-30,33H,3,22-25H2,1-2H3. The van der Waals surface area contributed by atoms with Gasteiger partial charge in [-0.3, -0.25) is 0 Å². The predicted octanol–water partition coefficient (Wildman–Crippen LogP) is 14.0. The maximum Gasteiger partial charge on any atom is 0.136 e. The fourth-order valence-electron chi connectivity index (χ4n) is 11.3. The van der Waals surface area contributed by atoms with Crippen molar-refractivity contribution in [2.24, 2.45) is 23.7 Å². The summed E-state index contributed by atoms with van der Waals surface area (Å²) in [6.45, 7) is 5.01. The highest BCUT2D eigenvalue weighted by Crippen LogP contribution is 2.66. The van der Waals surface area contributed by atoms with Crippen LogP contribution in [0.25, 0.3) is 75.5 Å². The Bertz CT molecular complexity index is 2650. The molecule has 50 heavy (non-hydrogen) atoms. The third-order valence-electron chi connectivity index (χ3n) is 13.2. The topological polar surface area (TPSA) is 13.1 Å². The van der Waals surface area contributed by atoms with E-state index in [-0.39, 0.29) is 5.41 Å². The molecule has 5 unspecified atom stereocenters. The summed E-state index contributed by atoms with van der Waals surface area (Å²) < 4.78 is 9.18. The van der Waals surface area contributed by atoms with Crippen LogP contribution in [0.1, 0.15) is 57.1 Å². The first kappa shape index (κ1) is 29.1. The predicted molar refractivity (Wildman–Crippen MR) is 212 cm³/mol. The first-order chi connectivity index (χ1) is 24.6. The van der Waals surface area contributed by atoms with Gasteiger partial charge in [-0.2, -0.15) is 0 Å². The average molecular weight is 665 g/mol. The van der Waals surface area contributed by atoms with Crippen LogP contribution in [0, 0.1) is 23.7 Å². The van der Waals surface area contributed by atoms with Crippen molar-refractivity contribution in [2.45, 2.75) is 51.4 Å². The summed E-state index contributed by atoms with van der Waals surface area (Å²) in [6.07, 6.45) is 6.76. The van der Waals surface area contributed by atoms with Crippen molar-refractivity contribution in [3.63, 3.8) is 0 Å². The summed E-state index contributed by atoms with van der Waals surface area (Å²) in [4.78, 5) is 0. The Hall–Kier alpha value is -4.66. The molecule has 2 heterocycles. The van der Waals surface area contributed by atoms with E-state index in [4.69, 9.17) is 4.42 Å². The number of hydrogen-bond acceptors (Lipinski definition) is 2. The summed E-state index contributed by atoms with van der Waals surface area (Å²) in [5, 5.41) is 5.06. The van der Waals surface area contributed by atoms with Crippen LogP contribution in [-0.2, 0) is 5.41 Å². The van der Waals surface area contributed by atoms with Crippen molar-refractivity contribution in [3.05, 3.63) is 132 Å². The van der Waals surface area contributed by atoms with Crippen molar-refractivity contribution in [3.8, 4) is 33.4 Å².